The van der Waals surface area contributed by atoms with E-state index in [9.17, 15) is 8.42 Å². The maximum absolute atomic E-state index is 12.3. The molecule has 0 aliphatic rings. The second-order valence-corrected chi connectivity index (χ2v) is 7.03. The van der Waals surface area contributed by atoms with E-state index in [1.54, 1.807) is 36.6 Å². The number of hydrogen-bond acceptors (Lipinski definition) is 6. The molecule has 108 valence electrons. The molecule has 0 saturated heterocycles. The highest BCUT2D eigenvalue weighted by atomic mass is 32.2. The lowest BCUT2D eigenvalue weighted by atomic mass is 10.2. The van der Waals surface area contributed by atoms with Crippen molar-refractivity contribution in [1.82, 2.24) is 9.97 Å². The molecule has 21 heavy (non-hydrogen) atoms. The van der Waals surface area contributed by atoms with Gasteiger partial charge in [-0.2, -0.15) is 0 Å². The predicted molar refractivity (Wildman–Crippen MR) is 83.8 cm³/mol. The Morgan fingerprint density at radius 1 is 1.19 bits per heavy atom. The van der Waals surface area contributed by atoms with Crippen LogP contribution < -0.4 is 10.5 Å². The van der Waals surface area contributed by atoms with Gasteiger partial charge in [-0.15, -0.1) is 11.3 Å². The first-order valence-corrected chi connectivity index (χ1v) is 8.41. The highest BCUT2D eigenvalue weighted by molar-refractivity contribution is 7.93. The van der Waals surface area contributed by atoms with Crippen molar-refractivity contribution in [3.8, 4) is 0 Å². The van der Waals surface area contributed by atoms with Crippen LogP contribution in [-0.4, -0.2) is 18.4 Å². The second kappa shape index (κ2) is 4.97. The zero-order valence-electron chi connectivity index (χ0n) is 11.1. The van der Waals surface area contributed by atoms with Crippen LogP contribution in [0.25, 0.3) is 10.9 Å². The number of aryl methyl sites for hydroxylation is 1. The number of sulfonamides is 1. The van der Waals surface area contributed by atoms with E-state index >= 15 is 0 Å². The van der Waals surface area contributed by atoms with Gasteiger partial charge in [0.2, 0.25) is 0 Å². The Balaban J connectivity index is 2.00. The zero-order valence-corrected chi connectivity index (χ0v) is 12.7. The normalized spacial score (nSPS) is 11.7. The van der Waals surface area contributed by atoms with E-state index in [2.05, 4.69) is 14.7 Å². The Kier molecular flexibility index (Phi) is 3.26. The van der Waals surface area contributed by atoms with E-state index in [4.69, 9.17) is 5.73 Å². The van der Waals surface area contributed by atoms with Crippen LogP contribution in [0.1, 0.15) is 5.69 Å². The first-order chi connectivity index (χ1) is 9.94. The molecule has 0 unspecified atom stereocenters. The first kappa shape index (κ1) is 13.8. The number of fused-ring (bicyclic) bond motifs is 1. The van der Waals surface area contributed by atoms with Crippen LogP contribution in [0.4, 0.5) is 10.9 Å². The molecule has 8 heteroatoms. The molecule has 0 spiro atoms. The number of nitrogens with zero attached hydrogens (tertiary/aromatic N) is 2. The van der Waals surface area contributed by atoms with E-state index in [0.29, 0.717) is 21.9 Å². The van der Waals surface area contributed by atoms with Crippen molar-refractivity contribution >= 4 is 43.2 Å². The molecule has 2 heterocycles. The van der Waals surface area contributed by atoms with E-state index in [-0.39, 0.29) is 4.90 Å². The number of rotatable bonds is 3. The van der Waals surface area contributed by atoms with Gasteiger partial charge >= 0.3 is 0 Å². The molecule has 6 nitrogen and oxygen atoms in total. The van der Waals surface area contributed by atoms with E-state index in [0.717, 1.165) is 5.69 Å². The monoisotopic (exact) mass is 320 g/mol. The zero-order chi connectivity index (χ0) is 15.0. The van der Waals surface area contributed by atoms with Gasteiger partial charge in [-0.1, -0.05) is 0 Å². The molecule has 0 aliphatic heterocycles. The molecule has 0 saturated carbocycles. The van der Waals surface area contributed by atoms with Gasteiger partial charge in [0.1, 0.15) is 5.82 Å². The van der Waals surface area contributed by atoms with Crippen molar-refractivity contribution in [3.63, 3.8) is 0 Å². The third-order valence-electron chi connectivity index (χ3n) is 2.83. The van der Waals surface area contributed by atoms with Gasteiger partial charge in [-0.3, -0.25) is 4.72 Å². The minimum absolute atomic E-state index is 0.162. The molecule has 1 aromatic carbocycles. The lowest BCUT2D eigenvalue weighted by Gasteiger charge is -2.06. The summed E-state index contributed by atoms with van der Waals surface area (Å²) in [5.74, 6) is 0.398. The minimum Gasteiger partial charge on any atom is -0.384 e. The van der Waals surface area contributed by atoms with Gasteiger partial charge in [0, 0.05) is 10.8 Å². The van der Waals surface area contributed by atoms with Crippen LogP contribution in [0.5, 0.6) is 0 Å². The number of anilines is 2. The summed E-state index contributed by atoms with van der Waals surface area (Å²) < 4.78 is 27.1. The summed E-state index contributed by atoms with van der Waals surface area (Å²) in [7, 11) is -3.66. The Bertz CT molecular complexity index is 919. The number of thiazole rings is 1. The van der Waals surface area contributed by atoms with E-state index in [1.165, 1.54) is 17.4 Å². The molecular weight excluding hydrogens is 308 g/mol. The summed E-state index contributed by atoms with van der Waals surface area (Å²) in [5.41, 5.74) is 7.03. The maximum atomic E-state index is 12.3. The number of aromatic nitrogens is 2. The van der Waals surface area contributed by atoms with Crippen LogP contribution in [0.3, 0.4) is 0 Å². The molecule has 3 aromatic rings. The average molecular weight is 320 g/mol. The van der Waals surface area contributed by atoms with Crippen LogP contribution in [-0.2, 0) is 10.0 Å². The van der Waals surface area contributed by atoms with Crippen LogP contribution in [0.2, 0.25) is 0 Å². The number of benzene rings is 1. The fourth-order valence-electron chi connectivity index (χ4n) is 1.86. The Hall–Kier alpha value is -2.19. The SMILES string of the molecule is Cc1csc(NS(=O)(=O)c2ccc3nc(N)ccc3c2)n1. The molecule has 0 fully saturated rings. The quantitative estimate of drug-likeness (QED) is 0.772. The average Bonchev–Trinajstić information content (AvgIpc) is 2.82. The summed E-state index contributed by atoms with van der Waals surface area (Å²) in [5, 5.41) is 2.84. The van der Waals surface area contributed by atoms with Gasteiger partial charge in [0.15, 0.2) is 5.13 Å². The lowest BCUT2D eigenvalue weighted by molar-refractivity contribution is 0.601. The van der Waals surface area contributed by atoms with Crippen LogP contribution >= 0.6 is 11.3 Å². The van der Waals surface area contributed by atoms with Crippen molar-refractivity contribution in [2.75, 3.05) is 10.5 Å². The van der Waals surface area contributed by atoms with Gasteiger partial charge in [-0.05, 0) is 37.3 Å². The summed E-state index contributed by atoms with van der Waals surface area (Å²) in [6.45, 7) is 1.81. The molecule has 2 aromatic heterocycles. The number of nitrogens with two attached hydrogens (primary N) is 1. The van der Waals surface area contributed by atoms with Crippen molar-refractivity contribution < 1.29 is 8.42 Å². The first-order valence-electron chi connectivity index (χ1n) is 6.05. The number of pyridine rings is 1. The fraction of sp³-hybridized carbons (Fsp3) is 0.0769. The summed E-state index contributed by atoms with van der Waals surface area (Å²) in [6.07, 6.45) is 0. The van der Waals surface area contributed by atoms with Crippen molar-refractivity contribution in [3.05, 3.63) is 41.4 Å². The van der Waals surface area contributed by atoms with Crippen LogP contribution in [0.15, 0.2) is 40.6 Å². The fourth-order valence-corrected chi connectivity index (χ4v) is 3.84. The summed E-state index contributed by atoms with van der Waals surface area (Å²) in [4.78, 5) is 8.39. The molecule has 3 N–H and O–H groups in total. The van der Waals surface area contributed by atoms with Gasteiger partial charge in [0.05, 0.1) is 16.1 Å². The van der Waals surface area contributed by atoms with E-state index < -0.39 is 10.0 Å². The summed E-state index contributed by atoms with van der Waals surface area (Å²) >= 11 is 1.25. The van der Waals surface area contributed by atoms with Crippen molar-refractivity contribution in [1.29, 1.82) is 0 Å². The number of nitrogens with one attached hydrogen (secondary N) is 1. The van der Waals surface area contributed by atoms with Crippen molar-refractivity contribution in [2.45, 2.75) is 11.8 Å². The summed E-state index contributed by atoms with van der Waals surface area (Å²) in [6, 6.07) is 8.07. The largest absolute Gasteiger partial charge is 0.384 e. The standard InChI is InChI=1S/C13H12N4O2S2/c1-8-7-20-13(15-8)17-21(18,19)10-3-4-11-9(6-10)2-5-12(14)16-11/h2-7H,1H3,(H2,14,16)(H,15,17). The topological polar surface area (TPSA) is 98.0 Å². The molecule has 0 radical (unpaired) electrons. The highest BCUT2D eigenvalue weighted by Gasteiger charge is 2.16. The Labute approximate surface area is 125 Å². The van der Waals surface area contributed by atoms with Gasteiger partial charge in [-0.25, -0.2) is 18.4 Å². The molecule has 0 atom stereocenters. The molecule has 3 rings (SSSR count). The van der Waals surface area contributed by atoms with Gasteiger partial charge < -0.3 is 5.73 Å². The maximum Gasteiger partial charge on any atom is 0.263 e. The molecule has 0 bridgehead atoms. The second-order valence-electron chi connectivity index (χ2n) is 4.49. The third kappa shape index (κ3) is 2.81. The third-order valence-corrected chi connectivity index (χ3v) is 5.17. The molecule has 0 amide bonds. The van der Waals surface area contributed by atoms with Gasteiger partial charge in [0.25, 0.3) is 10.0 Å². The predicted octanol–water partition coefficient (Wildman–Crippen LogP) is 2.38. The number of hydrogen-bond donors (Lipinski definition) is 2. The number of nitrogen functional groups attached to an aromatic ring is 1. The van der Waals surface area contributed by atoms with Crippen LogP contribution in [0, 0.1) is 6.92 Å². The van der Waals surface area contributed by atoms with E-state index in [1.807, 2.05) is 0 Å². The molecule has 0 aliphatic carbocycles. The molecular formula is C13H12N4O2S2. The lowest BCUT2D eigenvalue weighted by Crippen LogP contribution is -2.12. The Morgan fingerprint density at radius 2 is 2.00 bits per heavy atom. The smallest absolute Gasteiger partial charge is 0.263 e. The highest BCUT2D eigenvalue weighted by Crippen LogP contribution is 2.22. The van der Waals surface area contributed by atoms with Crippen molar-refractivity contribution in [2.24, 2.45) is 0 Å². The Morgan fingerprint density at radius 3 is 2.71 bits per heavy atom. The minimum atomic E-state index is -3.66.